The summed E-state index contributed by atoms with van der Waals surface area (Å²) in [7, 11) is 0. The number of nitrogens with zero attached hydrogens (tertiary/aromatic N) is 1. The van der Waals surface area contributed by atoms with Gasteiger partial charge in [-0.15, -0.1) is 0 Å². The normalized spacial score (nSPS) is 14.1. The van der Waals surface area contributed by atoms with Gasteiger partial charge in [0.15, 0.2) is 0 Å². The first kappa shape index (κ1) is 19.1. The third-order valence-electron chi connectivity index (χ3n) is 3.18. The number of carbonyl (C=O) groups is 1. The molecule has 0 radical (unpaired) electrons. The van der Waals surface area contributed by atoms with Gasteiger partial charge in [0, 0.05) is 12.0 Å². The summed E-state index contributed by atoms with van der Waals surface area (Å²) in [5, 5.41) is 0. The smallest absolute Gasteiger partial charge is 0.335 e. The zero-order chi connectivity index (χ0) is 15.5. The maximum atomic E-state index is 11.7. The molecule has 0 saturated carbocycles. The summed E-state index contributed by atoms with van der Waals surface area (Å²) >= 11 is 0. The Hall–Kier alpha value is -0.870. The minimum Gasteiger partial charge on any atom is -0.432 e. The molecule has 0 aromatic heterocycles. The third-order valence-corrected chi connectivity index (χ3v) is 3.18. The first-order valence-corrected chi connectivity index (χ1v) is 7.75. The molecule has 0 heterocycles. The second-order valence-electron chi connectivity index (χ2n) is 5.00. The van der Waals surface area contributed by atoms with Crippen molar-refractivity contribution in [3.63, 3.8) is 0 Å². The lowest BCUT2D eigenvalue weighted by molar-refractivity contribution is -0.210. The van der Waals surface area contributed by atoms with Crippen LogP contribution in [-0.4, -0.2) is 36.5 Å². The van der Waals surface area contributed by atoms with E-state index in [2.05, 4.69) is 39.2 Å². The van der Waals surface area contributed by atoms with Crippen LogP contribution in [0.5, 0.6) is 0 Å². The van der Waals surface area contributed by atoms with E-state index in [0.29, 0.717) is 12.0 Å². The fraction of sp³-hybridized carbons (Fsp3) is 0.812. The summed E-state index contributed by atoms with van der Waals surface area (Å²) in [5.74, 6) is -0.377. The largest absolute Gasteiger partial charge is 0.432 e. The van der Waals surface area contributed by atoms with Gasteiger partial charge in [-0.1, -0.05) is 47.1 Å². The molecule has 0 spiro atoms. The van der Waals surface area contributed by atoms with Crippen molar-refractivity contribution in [2.75, 3.05) is 13.1 Å². The van der Waals surface area contributed by atoms with Crippen LogP contribution in [0.2, 0.25) is 0 Å². The summed E-state index contributed by atoms with van der Waals surface area (Å²) in [4.78, 5) is 13.9. The Morgan fingerprint density at radius 1 is 1.10 bits per heavy atom. The molecule has 0 aliphatic heterocycles. The highest BCUT2D eigenvalue weighted by atomic mass is 16.7. The van der Waals surface area contributed by atoms with Crippen molar-refractivity contribution >= 4 is 5.97 Å². The van der Waals surface area contributed by atoms with Crippen molar-refractivity contribution in [3.8, 4) is 0 Å². The van der Waals surface area contributed by atoms with E-state index >= 15 is 0 Å². The third kappa shape index (κ3) is 7.06. The molecule has 20 heavy (non-hydrogen) atoms. The van der Waals surface area contributed by atoms with Gasteiger partial charge >= 0.3 is 5.97 Å². The Morgan fingerprint density at radius 3 is 2.05 bits per heavy atom. The molecule has 0 fully saturated rings. The van der Waals surface area contributed by atoms with E-state index in [9.17, 15) is 4.79 Å². The molecular formula is C16H31NO3. The van der Waals surface area contributed by atoms with Crippen LogP contribution in [0.15, 0.2) is 12.2 Å². The first-order valence-electron chi connectivity index (χ1n) is 7.75. The summed E-state index contributed by atoms with van der Waals surface area (Å²) in [6.45, 7) is 15.5. The lowest BCUT2D eigenvalue weighted by Crippen LogP contribution is -2.40. The van der Waals surface area contributed by atoms with Crippen LogP contribution in [0.1, 0.15) is 60.3 Å². The average Bonchev–Trinajstić information content (AvgIpc) is 2.40. The Labute approximate surface area is 124 Å². The van der Waals surface area contributed by atoms with Crippen LogP contribution < -0.4 is 0 Å². The molecular weight excluding hydrogens is 254 g/mol. The number of ether oxygens (including phenoxy) is 2. The number of carbonyl (C=O) groups excluding carboxylic acids is 1. The Bertz CT molecular complexity index is 287. The van der Waals surface area contributed by atoms with Crippen molar-refractivity contribution in [1.29, 1.82) is 0 Å². The highest BCUT2D eigenvalue weighted by Gasteiger charge is 2.23. The summed E-state index contributed by atoms with van der Waals surface area (Å²) < 4.78 is 11.4. The van der Waals surface area contributed by atoms with Crippen molar-refractivity contribution in [3.05, 3.63) is 12.2 Å². The molecule has 0 amide bonds. The lowest BCUT2D eigenvalue weighted by Gasteiger charge is -2.32. The molecule has 4 nitrogen and oxygen atoms in total. The van der Waals surface area contributed by atoms with Gasteiger partial charge in [-0.3, -0.25) is 4.90 Å². The van der Waals surface area contributed by atoms with Gasteiger partial charge in [0.05, 0.1) is 0 Å². The van der Waals surface area contributed by atoms with Gasteiger partial charge in [0.1, 0.15) is 6.23 Å². The first-order chi connectivity index (χ1) is 9.49. The summed E-state index contributed by atoms with van der Waals surface area (Å²) in [6, 6.07) is 0. The maximum Gasteiger partial charge on any atom is 0.335 e. The topological polar surface area (TPSA) is 38.8 Å². The number of hydrogen-bond donors (Lipinski definition) is 0. The van der Waals surface area contributed by atoms with Crippen LogP contribution in [0.3, 0.4) is 0 Å². The molecule has 0 N–H and O–H groups in total. The number of esters is 1. The second-order valence-corrected chi connectivity index (χ2v) is 5.00. The average molecular weight is 285 g/mol. The Kier molecular flexibility index (Phi) is 10.4. The molecule has 0 bridgehead atoms. The fourth-order valence-electron chi connectivity index (χ4n) is 2.00. The van der Waals surface area contributed by atoms with Crippen LogP contribution in [0.25, 0.3) is 0 Å². The van der Waals surface area contributed by atoms with Crippen molar-refractivity contribution in [2.24, 2.45) is 0 Å². The monoisotopic (exact) mass is 285 g/mol. The van der Waals surface area contributed by atoms with Crippen LogP contribution in [-0.2, 0) is 14.3 Å². The molecule has 0 aliphatic rings. The predicted octanol–water partition coefficient (Wildman–Crippen LogP) is 3.72. The molecule has 2 atom stereocenters. The molecule has 0 aliphatic carbocycles. The maximum absolute atomic E-state index is 11.7. The van der Waals surface area contributed by atoms with E-state index in [0.717, 1.165) is 32.4 Å². The summed E-state index contributed by atoms with van der Waals surface area (Å²) in [5.41, 5.74) is 0.407. The van der Waals surface area contributed by atoms with Gasteiger partial charge < -0.3 is 9.47 Å². The molecule has 0 aromatic rings. The molecule has 4 heteroatoms. The molecule has 118 valence electrons. The van der Waals surface area contributed by atoms with Crippen molar-refractivity contribution in [1.82, 2.24) is 4.90 Å². The Morgan fingerprint density at radius 2 is 1.65 bits per heavy atom. The van der Waals surface area contributed by atoms with Gasteiger partial charge in [-0.25, -0.2) is 4.79 Å². The zero-order valence-corrected chi connectivity index (χ0v) is 13.8. The van der Waals surface area contributed by atoms with E-state index in [1.165, 1.54) is 0 Å². The summed E-state index contributed by atoms with van der Waals surface area (Å²) in [6.07, 6.45) is 3.11. The van der Waals surface area contributed by atoms with Gasteiger partial charge in [0.25, 0.3) is 0 Å². The Balaban J connectivity index is 4.71. The minimum atomic E-state index is -0.485. The lowest BCUT2D eigenvalue weighted by atomic mass is 10.2. The van der Waals surface area contributed by atoms with Crippen LogP contribution in [0.4, 0.5) is 0 Å². The number of hydrogen-bond acceptors (Lipinski definition) is 4. The highest BCUT2D eigenvalue weighted by molar-refractivity contribution is 5.86. The van der Waals surface area contributed by atoms with E-state index in [1.807, 2.05) is 0 Å². The predicted molar refractivity (Wildman–Crippen MR) is 82.3 cm³/mol. The molecule has 0 aromatic carbocycles. The second kappa shape index (κ2) is 10.9. The van der Waals surface area contributed by atoms with Crippen molar-refractivity contribution < 1.29 is 14.3 Å². The van der Waals surface area contributed by atoms with E-state index in [1.54, 1.807) is 6.92 Å². The van der Waals surface area contributed by atoms with E-state index < -0.39 is 6.29 Å². The van der Waals surface area contributed by atoms with E-state index in [-0.39, 0.29) is 12.2 Å². The fourth-order valence-corrected chi connectivity index (χ4v) is 2.00. The number of rotatable bonds is 11. The van der Waals surface area contributed by atoms with Crippen molar-refractivity contribution in [2.45, 2.75) is 72.8 Å². The van der Waals surface area contributed by atoms with Crippen LogP contribution in [0, 0.1) is 0 Å². The van der Waals surface area contributed by atoms with Gasteiger partial charge in [0.2, 0.25) is 6.29 Å². The van der Waals surface area contributed by atoms with Gasteiger partial charge in [-0.2, -0.15) is 0 Å². The van der Waals surface area contributed by atoms with Gasteiger partial charge in [-0.05, 0) is 26.4 Å². The molecule has 0 saturated heterocycles. The van der Waals surface area contributed by atoms with E-state index in [4.69, 9.17) is 9.47 Å². The highest BCUT2D eigenvalue weighted by Crippen LogP contribution is 2.16. The van der Waals surface area contributed by atoms with Crippen LogP contribution >= 0.6 is 0 Å². The zero-order valence-electron chi connectivity index (χ0n) is 13.8. The molecule has 0 rings (SSSR count). The minimum absolute atomic E-state index is 0.00414. The quantitative estimate of drug-likeness (QED) is 0.329. The standard InChI is InChI=1S/C16H31NO3/c1-7-11-14(17(9-3)10-4)19-15(12-8-2)20-16(18)13(5)6/h14-15H,5,7-12H2,1-4,6H3. The SMILES string of the molecule is C=C(C)C(=O)OC(CCC)OC(CCC)N(CC)CC. The molecule has 2 unspecified atom stereocenters.